The third kappa shape index (κ3) is 14.5. The van der Waals surface area contributed by atoms with Crippen LogP contribution in [0.3, 0.4) is 0 Å². The van der Waals surface area contributed by atoms with Crippen LogP contribution in [0, 0.1) is 0 Å². The largest absolute Gasteiger partial charge is 0.362 e. The Morgan fingerprint density at radius 2 is 1.38 bits per heavy atom. The van der Waals surface area contributed by atoms with Crippen molar-refractivity contribution in [3.05, 3.63) is 34.9 Å². The number of halogens is 1. The van der Waals surface area contributed by atoms with E-state index in [0.29, 0.717) is 15.7 Å². The predicted molar refractivity (Wildman–Crippen MR) is 130 cm³/mol. The monoisotopic (exact) mass is 438 g/mol. The van der Waals surface area contributed by atoms with Crippen molar-refractivity contribution in [2.45, 2.75) is 96.8 Å². The van der Waals surface area contributed by atoms with Gasteiger partial charge in [0.25, 0.3) is 5.91 Å². The van der Waals surface area contributed by atoms with Crippen LogP contribution >= 0.6 is 23.8 Å². The lowest BCUT2D eigenvalue weighted by Gasteiger charge is -2.09. The van der Waals surface area contributed by atoms with Crippen LogP contribution < -0.4 is 10.6 Å². The molecule has 5 heteroatoms. The van der Waals surface area contributed by atoms with Gasteiger partial charge in [0.2, 0.25) is 0 Å². The minimum atomic E-state index is -0.231. The molecule has 1 aromatic rings. The highest BCUT2D eigenvalue weighted by atomic mass is 35.5. The second-order valence-corrected chi connectivity index (χ2v) is 8.66. The van der Waals surface area contributed by atoms with Crippen molar-refractivity contribution >= 4 is 34.8 Å². The molecule has 0 unspecified atom stereocenters. The van der Waals surface area contributed by atoms with Crippen LogP contribution in [0.4, 0.5) is 0 Å². The Balaban J connectivity index is 1.88. The maximum atomic E-state index is 12.1. The minimum absolute atomic E-state index is 0.231. The number of benzene rings is 1. The molecule has 0 aromatic heterocycles. The first-order chi connectivity index (χ1) is 14.1. The highest BCUT2D eigenvalue weighted by Crippen LogP contribution is 2.13. The van der Waals surface area contributed by atoms with Crippen molar-refractivity contribution in [2.24, 2.45) is 0 Å². The van der Waals surface area contributed by atoms with Crippen molar-refractivity contribution in [3.8, 4) is 0 Å². The zero-order chi connectivity index (χ0) is 21.2. The fourth-order valence-corrected chi connectivity index (χ4v) is 3.76. The maximum Gasteiger partial charge on any atom is 0.257 e. The first-order valence-electron chi connectivity index (χ1n) is 11.5. The van der Waals surface area contributed by atoms with Gasteiger partial charge >= 0.3 is 0 Å². The summed E-state index contributed by atoms with van der Waals surface area (Å²) < 4.78 is 0. The van der Waals surface area contributed by atoms with Crippen LogP contribution in [0.1, 0.15) is 107 Å². The van der Waals surface area contributed by atoms with Gasteiger partial charge in [-0.05, 0) is 36.8 Å². The number of rotatable bonds is 16. The van der Waals surface area contributed by atoms with Crippen LogP contribution in [-0.2, 0) is 0 Å². The van der Waals surface area contributed by atoms with Crippen LogP contribution in [-0.4, -0.2) is 17.6 Å². The second kappa shape index (κ2) is 17.7. The average Bonchev–Trinajstić information content (AvgIpc) is 2.71. The highest BCUT2D eigenvalue weighted by Gasteiger charge is 2.07. The molecular weight excluding hydrogens is 400 g/mol. The summed E-state index contributed by atoms with van der Waals surface area (Å²) >= 11 is 11.1. The Labute approximate surface area is 188 Å². The van der Waals surface area contributed by atoms with Gasteiger partial charge in [-0.25, -0.2) is 0 Å². The summed E-state index contributed by atoms with van der Waals surface area (Å²) in [7, 11) is 0. The molecule has 0 fully saturated rings. The second-order valence-electron chi connectivity index (χ2n) is 7.82. The number of hydrogen-bond donors (Lipinski definition) is 2. The lowest BCUT2D eigenvalue weighted by molar-refractivity contribution is 0.0976. The molecule has 2 N–H and O–H groups in total. The molecule has 0 spiro atoms. The van der Waals surface area contributed by atoms with Crippen LogP contribution in [0.5, 0.6) is 0 Å². The molecule has 0 atom stereocenters. The number of unbranched alkanes of at least 4 members (excludes halogenated alkanes) is 13. The van der Waals surface area contributed by atoms with Gasteiger partial charge in [0.1, 0.15) is 0 Å². The van der Waals surface area contributed by atoms with E-state index in [0.717, 1.165) is 13.0 Å². The highest BCUT2D eigenvalue weighted by molar-refractivity contribution is 7.80. The molecular formula is C24H39ClN2OS. The molecule has 0 aliphatic rings. The molecule has 0 saturated heterocycles. The fraction of sp³-hybridized carbons (Fsp3) is 0.667. The third-order valence-electron chi connectivity index (χ3n) is 5.13. The van der Waals surface area contributed by atoms with E-state index < -0.39 is 0 Å². The van der Waals surface area contributed by atoms with Gasteiger partial charge < -0.3 is 5.32 Å². The van der Waals surface area contributed by atoms with Gasteiger partial charge in [-0.1, -0.05) is 108 Å². The quantitative estimate of drug-likeness (QED) is 0.208. The van der Waals surface area contributed by atoms with E-state index in [9.17, 15) is 4.79 Å². The van der Waals surface area contributed by atoms with Crippen LogP contribution in [0.25, 0.3) is 0 Å². The number of hydrogen-bond acceptors (Lipinski definition) is 2. The lowest BCUT2D eigenvalue weighted by atomic mass is 10.0. The Bertz CT molecular complexity index is 580. The van der Waals surface area contributed by atoms with E-state index in [-0.39, 0.29) is 5.91 Å². The Hall–Kier alpha value is -1.13. The zero-order valence-electron chi connectivity index (χ0n) is 18.1. The van der Waals surface area contributed by atoms with E-state index in [1.807, 2.05) is 0 Å². The molecule has 1 rings (SSSR count). The topological polar surface area (TPSA) is 41.1 Å². The lowest BCUT2D eigenvalue weighted by Crippen LogP contribution is -2.39. The SMILES string of the molecule is CCCCCCCCCCCCCCCCNC(=S)NC(=O)c1cccc(Cl)c1. The summed E-state index contributed by atoms with van der Waals surface area (Å²) in [5.74, 6) is -0.231. The first kappa shape index (κ1) is 25.9. The van der Waals surface area contributed by atoms with E-state index in [1.54, 1.807) is 24.3 Å². The van der Waals surface area contributed by atoms with Gasteiger partial charge in [-0.15, -0.1) is 0 Å². The molecule has 3 nitrogen and oxygen atoms in total. The van der Waals surface area contributed by atoms with Crippen LogP contribution in [0.15, 0.2) is 24.3 Å². The van der Waals surface area contributed by atoms with Gasteiger partial charge in [0, 0.05) is 17.1 Å². The molecule has 0 radical (unpaired) electrons. The molecule has 0 aliphatic carbocycles. The summed E-state index contributed by atoms with van der Waals surface area (Å²) in [4.78, 5) is 12.1. The zero-order valence-corrected chi connectivity index (χ0v) is 19.7. The number of thiocarbonyl (C=S) groups is 1. The molecule has 0 saturated carbocycles. The fourth-order valence-electron chi connectivity index (χ4n) is 3.37. The predicted octanol–water partition coefficient (Wildman–Crippen LogP) is 7.43. The Kier molecular flexibility index (Phi) is 15.8. The van der Waals surface area contributed by atoms with E-state index in [4.69, 9.17) is 23.8 Å². The van der Waals surface area contributed by atoms with E-state index in [2.05, 4.69) is 17.6 Å². The molecule has 29 heavy (non-hydrogen) atoms. The van der Waals surface area contributed by atoms with Crippen molar-refractivity contribution in [1.29, 1.82) is 0 Å². The average molecular weight is 439 g/mol. The van der Waals surface area contributed by atoms with Crippen molar-refractivity contribution in [2.75, 3.05) is 6.54 Å². The van der Waals surface area contributed by atoms with Crippen molar-refractivity contribution in [3.63, 3.8) is 0 Å². The number of carbonyl (C=O) groups is 1. The van der Waals surface area contributed by atoms with Crippen molar-refractivity contribution in [1.82, 2.24) is 10.6 Å². The standard InChI is InChI=1S/C24H39ClN2OS/c1-2-3-4-5-6-7-8-9-10-11-12-13-14-15-19-26-24(29)27-23(28)21-17-16-18-22(25)20-21/h16-18,20H,2-15,19H2,1H3,(H2,26,27,28,29). The summed E-state index contributed by atoms with van der Waals surface area (Å²) in [5, 5.41) is 6.72. The Morgan fingerprint density at radius 1 is 0.862 bits per heavy atom. The van der Waals surface area contributed by atoms with Gasteiger partial charge in [-0.3, -0.25) is 10.1 Å². The molecule has 1 aromatic carbocycles. The third-order valence-corrected chi connectivity index (χ3v) is 5.61. The smallest absolute Gasteiger partial charge is 0.257 e. The van der Waals surface area contributed by atoms with Crippen LogP contribution in [0.2, 0.25) is 5.02 Å². The number of carbonyl (C=O) groups excluding carboxylic acids is 1. The van der Waals surface area contributed by atoms with E-state index in [1.165, 1.54) is 83.5 Å². The molecule has 164 valence electrons. The van der Waals surface area contributed by atoms with Gasteiger partial charge in [0.05, 0.1) is 0 Å². The molecule has 0 heterocycles. The number of nitrogens with one attached hydrogen (secondary N) is 2. The molecule has 0 bridgehead atoms. The van der Waals surface area contributed by atoms with Gasteiger partial charge in [0.15, 0.2) is 5.11 Å². The van der Waals surface area contributed by atoms with E-state index >= 15 is 0 Å². The summed E-state index contributed by atoms with van der Waals surface area (Å²) in [5.41, 5.74) is 0.512. The normalized spacial score (nSPS) is 10.7. The Morgan fingerprint density at radius 3 is 1.90 bits per heavy atom. The van der Waals surface area contributed by atoms with Gasteiger partial charge in [-0.2, -0.15) is 0 Å². The maximum absolute atomic E-state index is 12.1. The summed E-state index contributed by atoms with van der Waals surface area (Å²) in [6, 6.07) is 6.84. The minimum Gasteiger partial charge on any atom is -0.362 e. The number of amides is 1. The molecule has 1 amide bonds. The van der Waals surface area contributed by atoms with Crippen molar-refractivity contribution < 1.29 is 4.79 Å². The molecule has 0 aliphatic heterocycles. The first-order valence-corrected chi connectivity index (χ1v) is 12.3. The summed E-state index contributed by atoms with van der Waals surface area (Å²) in [6.07, 6.45) is 18.9. The summed E-state index contributed by atoms with van der Waals surface area (Å²) in [6.45, 7) is 3.07.